The average molecular weight is 299 g/mol. The SMILES string of the molecule is O[C@H]1CC(C2CCOC2)Oc2cc(Br)ccc21. The third-order valence-electron chi connectivity index (χ3n) is 3.56. The van der Waals surface area contributed by atoms with E-state index in [2.05, 4.69) is 15.9 Å². The maximum atomic E-state index is 10.1. The first kappa shape index (κ1) is 11.5. The summed E-state index contributed by atoms with van der Waals surface area (Å²) in [6.45, 7) is 1.56. The fourth-order valence-electron chi connectivity index (χ4n) is 2.58. The molecule has 1 aromatic carbocycles. The number of halogens is 1. The van der Waals surface area contributed by atoms with E-state index in [-0.39, 0.29) is 6.10 Å². The lowest BCUT2D eigenvalue weighted by molar-refractivity contribution is 0.0302. The van der Waals surface area contributed by atoms with Crippen molar-refractivity contribution >= 4 is 15.9 Å². The summed E-state index contributed by atoms with van der Waals surface area (Å²) in [4.78, 5) is 0. The predicted octanol–water partition coefficient (Wildman–Crippen LogP) is 2.67. The Morgan fingerprint density at radius 3 is 3.00 bits per heavy atom. The summed E-state index contributed by atoms with van der Waals surface area (Å²) in [5.41, 5.74) is 0.892. The Morgan fingerprint density at radius 1 is 1.35 bits per heavy atom. The minimum Gasteiger partial charge on any atom is -0.490 e. The lowest BCUT2D eigenvalue weighted by Crippen LogP contribution is -2.33. The van der Waals surface area contributed by atoms with Crippen molar-refractivity contribution in [3.63, 3.8) is 0 Å². The van der Waals surface area contributed by atoms with Gasteiger partial charge in [-0.3, -0.25) is 0 Å². The van der Waals surface area contributed by atoms with E-state index < -0.39 is 6.10 Å². The molecule has 0 aliphatic carbocycles. The van der Waals surface area contributed by atoms with Gasteiger partial charge < -0.3 is 14.6 Å². The van der Waals surface area contributed by atoms with E-state index in [1.165, 1.54) is 0 Å². The lowest BCUT2D eigenvalue weighted by Gasteiger charge is -2.32. The number of aliphatic hydroxyl groups excluding tert-OH is 1. The molecule has 0 amide bonds. The molecule has 2 aliphatic heterocycles. The number of fused-ring (bicyclic) bond motifs is 1. The second-order valence-electron chi connectivity index (χ2n) is 4.71. The zero-order chi connectivity index (χ0) is 11.8. The van der Waals surface area contributed by atoms with E-state index in [1.807, 2.05) is 18.2 Å². The molecule has 1 aromatic rings. The van der Waals surface area contributed by atoms with Gasteiger partial charge in [0.05, 0.1) is 12.7 Å². The third kappa shape index (κ3) is 2.21. The molecule has 0 saturated carbocycles. The van der Waals surface area contributed by atoms with Crippen LogP contribution in [-0.4, -0.2) is 24.4 Å². The van der Waals surface area contributed by atoms with E-state index in [0.717, 1.165) is 35.4 Å². The molecule has 92 valence electrons. The summed E-state index contributed by atoms with van der Waals surface area (Å²) in [6.07, 6.45) is 1.36. The van der Waals surface area contributed by atoms with Gasteiger partial charge in [0.1, 0.15) is 11.9 Å². The number of benzene rings is 1. The molecule has 2 unspecified atom stereocenters. The summed E-state index contributed by atoms with van der Waals surface area (Å²) >= 11 is 3.43. The van der Waals surface area contributed by atoms with Crippen LogP contribution in [0.5, 0.6) is 5.75 Å². The van der Waals surface area contributed by atoms with Crippen molar-refractivity contribution in [3.05, 3.63) is 28.2 Å². The summed E-state index contributed by atoms with van der Waals surface area (Å²) in [7, 11) is 0. The largest absolute Gasteiger partial charge is 0.490 e. The van der Waals surface area contributed by atoms with E-state index in [4.69, 9.17) is 9.47 Å². The smallest absolute Gasteiger partial charge is 0.126 e. The zero-order valence-corrected chi connectivity index (χ0v) is 11.0. The first-order chi connectivity index (χ1) is 8.24. The van der Waals surface area contributed by atoms with Gasteiger partial charge in [0.2, 0.25) is 0 Å². The Morgan fingerprint density at radius 2 is 2.24 bits per heavy atom. The number of ether oxygens (including phenoxy) is 2. The van der Waals surface area contributed by atoms with Gasteiger partial charge in [-0.15, -0.1) is 0 Å². The molecule has 0 spiro atoms. The fourth-order valence-corrected chi connectivity index (χ4v) is 2.92. The van der Waals surface area contributed by atoms with Gasteiger partial charge in [-0.2, -0.15) is 0 Å². The molecule has 1 N–H and O–H groups in total. The molecule has 4 heteroatoms. The molecular formula is C13H15BrO3. The van der Waals surface area contributed by atoms with Gasteiger partial charge in [0, 0.05) is 29.0 Å². The molecule has 17 heavy (non-hydrogen) atoms. The minimum absolute atomic E-state index is 0.0781. The van der Waals surface area contributed by atoms with Crippen molar-refractivity contribution in [2.24, 2.45) is 5.92 Å². The summed E-state index contributed by atoms with van der Waals surface area (Å²) in [6, 6.07) is 5.79. The van der Waals surface area contributed by atoms with E-state index in [0.29, 0.717) is 12.3 Å². The van der Waals surface area contributed by atoms with Gasteiger partial charge in [-0.25, -0.2) is 0 Å². The van der Waals surface area contributed by atoms with Crippen molar-refractivity contribution in [1.29, 1.82) is 0 Å². The van der Waals surface area contributed by atoms with Crippen LogP contribution in [0.4, 0.5) is 0 Å². The van der Waals surface area contributed by atoms with E-state index >= 15 is 0 Å². The van der Waals surface area contributed by atoms with Gasteiger partial charge >= 0.3 is 0 Å². The number of hydrogen-bond acceptors (Lipinski definition) is 3. The summed E-state index contributed by atoms with van der Waals surface area (Å²) in [5, 5.41) is 10.1. The Kier molecular flexibility index (Phi) is 3.11. The summed E-state index contributed by atoms with van der Waals surface area (Å²) < 4.78 is 12.4. The van der Waals surface area contributed by atoms with Crippen molar-refractivity contribution < 1.29 is 14.6 Å². The quantitative estimate of drug-likeness (QED) is 0.866. The molecule has 0 radical (unpaired) electrons. The molecule has 2 heterocycles. The van der Waals surface area contributed by atoms with Crippen LogP contribution in [0.25, 0.3) is 0 Å². The fraction of sp³-hybridized carbons (Fsp3) is 0.538. The van der Waals surface area contributed by atoms with Crippen molar-refractivity contribution in [2.75, 3.05) is 13.2 Å². The van der Waals surface area contributed by atoms with Crippen molar-refractivity contribution in [3.8, 4) is 5.75 Å². The van der Waals surface area contributed by atoms with Gasteiger partial charge in [-0.05, 0) is 18.6 Å². The zero-order valence-electron chi connectivity index (χ0n) is 9.43. The van der Waals surface area contributed by atoms with Crippen LogP contribution in [-0.2, 0) is 4.74 Å². The molecule has 2 aliphatic rings. The van der Waals surface area contributed by atoms with Crippen molar-refractivity contribution in [1.82, 2.24) is 0 Å². The van der Waals surface area contributed by atoms with Crippen LogP contribution >= 0.6 is 15.9 Å². The van der Waals surface area contributed by atoms with Crippen LogP contribution in [0.3, 0.4) is 0 Å². The van der Waals surface area contributed by atoms with Gasteiger partial charge in [0.15, 0.2) is 0 Å². The third-order valence-corrected chi connectivity index (χ3v) is 4.05. The second kappa shape index (κ2) is 4.59. The van der Waals surface area contributed by atoms with Crippen LogP contribution in [0, 0.1) is 5.92 Å². The molecule has 0 bridgehead atoms. The maximum absolute atomic E-state index is 10.1. The van der Waals surface area contributed by atoms with Crippen LogP contribution in [0.2, 0.25) is 0 Å². The van der Waals surface area contributed by atoms with Gasteiger partial charge in [0.25, 0.3) is 0 Å². The molecule has 1 fully saturated rings. The number of aliphatic hydroxyl groups is 1. The molecule has 0 aromatic heterocycles. The second-order valence-corrected chi connectivity index (χ2v) is 5.63. The highest BCUT2D eigenvalue weighted by Gasteiger charge is 2.34. The van der Waals surface area contributed by atoms with E-state index in [9.17, 15) is 5.11 Å². The molecule has 1 saturated heterocycles. The van der Waals surface area contributed by atoms with E-state index in [1.54, 1.807) is 0 Å². The average Bonchev–Trinajstić information content (AvgIpc) is 2.81. The maximum Gasteiger partial charge on any atom is 0.126 e. The molecule has 3 nitrogen and oxygen atoms in total. The van der Waals surface area contributed by atoms with Crippen LogP contribution in [0.1, 0.15) is 24.5 Å². The first-order valence-corrected chi connectivity index (χ1v) is 6.75. The molecular weight excluding hydrogens is 284 g/mol. The topological polar surface area (TPSA) is 38.7 Å². The Hall–Kier alpha value is -0.580. The normalized spacial score (nSPS) is 32.0. The molecule has 3 rings (SSSR count). The van der Waals surface area contributed by atoms with Crippen LogP contribution in [0.15, 0.2) is 22.7 Å². The Labute approximate surface area is 109 Å². The van der Waals surface area contributed by atoms with Crippen LogP contribution < -0.4 is 4.74 Å². The lowest BCUT2D eigenvalue weighted by atomic mass is 9.91. The highest BCUT2D eigenvalue weighted by molar-refractivity contribution is 9.10. The summed E-state index contributed by atoms with van der Waals surface area (Å²) in [5.74, 6) is 1.21. The number of hydrogen-bond donors (Lipinski definition) is 1. The number of rotatable bonds is 1. The first-order valence-electron chi connectivity index (χ1n) is 5.96. The standard InChI is InChI=1S/C13H15BrO3/c14-9-1-2-10-11(15)6-12(17-13(10)5-9)8-3-4-16-7-8/h1-2,5,8,11-12,15H,3-4,6-7H2/t8?,11-,12?/m0/s1. The Bertz CT molecular complexity index is 415. The molecule has 3 atom stereocenters. The predicted molar refractivity (Wildman–Crippen MR) is 67.1 cm³/mol. The minimum atomic E-state index is -0.419. The highest BCUT2D eigenvalue weighted by Crippen LogP contribution is 2.39. The van der Waals surface area contributed by atoms with Gasteiger partial charge in [-0.1, -0.05) is 22.0 Å². The van der Waals surface area contributed by atoms with Crippen molar-refractivity contribution in [2.45, 2.75) is 25.0 Å². The Balaban J connectivity index is 1.85. The highest BCUT2D eigenvalue weighted by atomic mass is 79.9. The monoisotopic (exact) mass is 298 g/mol.